The molecule has 5 atom stereocenters. The summed E-state index contributed by atoms with van der Waals surface area (Å²) in [6, 6.07) is 14.3. The van der Waals surface area contributed by atoms with Crippen molar-refractivity contribution >= 4 is 20.9 Å². The van der Waals surface area contributed by atoms with E-state index in [9.17, 15) is 8.42 Å². The lowest BCUT2D eigenvalue weighted by Gasteiger charge is -2.51. The third-order valence-electron chi connectivity index (χ3n) is 7.47. The highest BCUT2D eigenvalue weighted by Gasteiger charge is 2.44. The average Bonchev–Trinajstić information content (AvgIpc) is 2.87. The number of fused-ring (bicyclic) bond motifs is 4. The number of rotatable bonds is 7. The Morgan fingerprint density at radius 2 is 2.00 bits per heavy atom. The van der Waals surface area contributed by atoms with Crippen molar-refractivity contribution in [1.82, 2.24) is 14.6 Å². The number of nitrogens with zero attached hydrogens (tertiary/aromatic N) is 2. The van der Waals surface area contributed by atoms with E-state index in [-0.39, 0.29) is 10.9 Å². The van der Waals surface area contributed by atoms with Crippen LogP contribution in [0.15, 0.2) is 72.3 Å². The number of ether oxygens (including phenoxy) is 1. The smallest absolute Gasteiger partial charge is 0.241 e. The van der Waals surface area contributed by atoms with Gasteiger partial charge in [-0.2, -0.15) is 0 Å². The largest absolute Gasteiger partial charge is 0.497 e. The quantitative estimate of drug-likeness (QED) is 0.509. The van der Waals surface area contributed by atoms with Crippen molar-refractivity contribution in [3.8, 4) is 5.75 Å². The summed E-state index contributed by atoms with van der Waals surface area (Å²) in [6.07, 6.45) is 5.87. The highest BCUT2D eigenvalue weighted by atomic mass is 32.2. The number of methoxy groups -OCH3 is 1. The van der Waals surface area contributed by atoms with Gasteiger partial charge >= 0.3 is 0 Å². The maximum atomic E-state index is 13.6. The minimum Gasteiger partial charge on any atom is -0.497 e. The van der Waals surface area contributed by atoms with E-state index >= 15 is 0 Å². The summed E-state index contributed by atoms with van der Waals surface area (Å²) in [4.78, 5) is 7.23. The van der Waals surface area contributed by atoms with E-state index in [1.807, 2.05) is 43.3 Å². The molecule has 34 heavy (non-hydrogen) atoms. The number of nitrogens with one attached hydrogen (secondary N) is 1. The molecule has 3 aliphatic rings. The third-order valence-corrected chi connectivity index (χ3v) is 8.93. The molecule has 0 aliphatic carbocycles. The van der Waals surface area contributed by atoms with Crippen LogP contribution < -0.4 is 9.46 Å². The van der Waals surface area contributed by atoms with Crippen LogP contribution in [0, 0.1) is 18.8 Å². The number of benzene rings is 2. The van der Waals surface area contributed by atoms with Gasteiger partial charge in [-0.25, -0.2) is 13.1 Å². The van der Waals surface area contributed by atoms with Crippen molar-refractivity contribution in [2.75, 3.05) is 20.2 Å². The number of pyridine rings is 1. The predicted octanol–water partition coefficient (Wildman–Crippen LogP) is 4.47. The summed E-state index contributed by atoms with van der Waals surface area (Å²) in [7, 11) is -2.11. The Bertz CT molecular complexity index is 1310. The second-order valence-electron chi connectivity index (χ2n) is 9.44. The minimum atomic E-state index is -3.74. The molecule has 0 saturated carbocycles. The van der Waals surface area contributed by atoms with Crippen LogP contribution in [0.25, 0.3) is 10.9 Å². The minimum absolute atomic E-state index is 0.0481. The van der Waals surface area contributed by atoms with Crippen LogP contribution in [0.3, 0.4) is 0 Å². The lowest BCUT2D eigenvalue weighted by molar-refractivity contribution is 0.00490. The van der Waals surface area contributed by atoms with Crippen LogP contribution in [0.1, 0.15) is 30.0 Å². The first-order valence-corrected chi connectivity index (χ1v) is 13.3. The van der Waals surface area contributed by atoms with Crippen LogP contribution in [0.5, 0.6) is 5.75 Å². The van der Waals surface area contributed by atoms with Crippen molar-refractivity contribution in [3.63, 3.8) is 0 Å². The molecule has 1 aromatic heterocycles. The number of piperidine rings is 3. The van der Waals surface area contributed by atoms with Gasteiger partial charge in [0.15, 0.2) is 0 Å². The Kier molecular flexibility index (Phi) is 6.18. The summed E-state index contributed by atoms with van der Waals surface area (Å²) < 4.78 is 35.7. The van der Waals surface area contributed by atoms with Gasteiger partial charge in [0.05, 0.1) is 23.6 Å². The van der Waals surface area contributed by atoms with Crippen molar-refractivity contribution in [2.24, 2.45) is 11.8 Å². The molecule has 3 aliphatic heterocycles. The molecule has 178 valence electrons. The fourth-order valence-electron chi connectivity index (χ4n) is 5.57. The van der Waals surface area contributed by atoms with Crippen LogP contribution >= 0.6 is 0 Å². The highest BCUT2D eigenvalue weighted by Crippen LogP contribution is 2.42. The molecule has 3 saturated heterocycles. The SMILES string of the molecule is C=C[C@H]1CN2CC[C@H]1C[C@@H]2[C@H](NS(=O)(=O)c1ccc(C)cc1)c1ccnc2ccc(OC)cc12. The Morgan fingerprint density at radius 3 is 2.68 bits per heavy atom. The van der Waals surface area contributed by atoms with Gasteiger partial charge in [0.25, 0.3) is 0 Å². The second kappa shape index (κ2) is 9.13. The van der Waals surface area contributed by atoms with E-state index in [4.69, 9.17) is 4.74 Å². The summed E-state index contributed by atoms with van der Waals surface area (Å²) in [5.74, 6) is 1.69. The van der Waals surface area contributed by atoms with Gasteiger partial charge in [0.1, 0.15) is 5.75 Å². The number of aromatic nitrogens is 1. The maximum absolute atomic E-state index is 13.6. The molecule has 0 spiro atoms. The average molecular weight is 478 g/mol. The van der Waals surface area contributed by atoms with Crippen LogP contribution in [-0.4, -0.2) is 44.5 Å². The maximum Gasteiger partial charge on any atom is 0.241 e. The lowest BCUT2D eigenvalue weighted by atomic mass is 9.73. The van der Waals surface area contributed by atoms with E-state index in [1.165, 1.54) is 0 Å². The zero-order chi connectivity index (χ0) is 23.9. The van der Waals surface area contributed by atoms with Crippen LogP contribution in [0.4, 0.5) is 0 Å². The third kappa shape index (κ3) is 4.24. The molecule has 3 aromatic rings. The molecule has 0 amide bonds. The molecular weight excluding hydrogens is 446 g/mol. The van der Waals surface area contributed by atoms with Gasteiger partial charge in [-0.15, -0.1) is 6.58 Å². The highest BCUT2D eigenvalue weighted by molar-refractivity contribution is 7.89. The summed E-state index contributed by atoms with van der Waals surface area (Å²) in [5, 5.41) is 0.904. The summed E-state index contributed by atoms with van der Waals surface area (Å²) in [5.41, 5.74) is 2.76. The Morgan fingerprint density at radius 1 is 1.21 bits per heavy atom. The molecular formula is C27H31N3O3S. The summed E-state index contributed by atoms with van der Waals surface area (Å²) in [6.45, 7) is 7.86. The zero-order valence-electron chi connectivity index (χ0n) is 19.6. The fraction of sp³-hybridized carbons (Fsp3) is 0.370. The Labute approximate surface area is 201 Å². The Balaban J connectivity index is 1.61. The number of sulfonamides is 1. The van der Waals surface area contributed by atoms with Gasteiger partial charge in [-0.3, -0.25) is 9.88 Å². The van der Waals surface area contributed by atoms with E-state index in [0.29, 0.717) is 11.8 Å². The first-order valence-electron chi connectivity index (χ1n) is 11.8. The van der Waals surface area contributed by atoms with Crippen LogP contribution in [0.2, 0.25) is 0 Å². The van der Waals surface area contributed by atoms with E-state index < -0.39 is 16.1 Å². The van der Waals surface area contributed by atoms with E-state index in [1.54, 1.807) is 25.4 Å². The molecule has 1 N–H and O–H groups in total. The van der Waals surface area contributed by atoms with E-state index in [0.717, 1.165) is 53.7 Å². The first kappa shape index (κ1) is 23.0. The molecule has 6 rings (SSSR count). The van der Waals surface area contributed by atoms with Gasteiger partial charge in [-0.05, 0) is 80.1 Å². The Hall–Kier alpha value is -2.74. The fourth-order valence-corrected chi connectivity index (χ4v) is 6.82. The molecule has 2 bridgehead atoms. The van der Waals surface area contributed by atoms with E-state index in [2.05, 4.69) is 27.3 Å². The van der Waals surface area contributed by atoms with Gasteiger partial charge in [-0.1, -0.05) is 23.8 Å². The second-order valence-corrected chi connectivity index (χ2v) is 11.2. The standard InChI is InChI=1S/C27H31N3O3S/c1-4-19-17-30-14-12-20(19)15-26(30)27(29-34(31,32)22-8-5-18(2)6-9-22)23-11-13-28-25-10-7-21(33-3)16-24(23)25/h4-11,13,16,19-20,26-27,29H,1,12,14-15,17H2,2-3H3/t19-,20-,26+,27+/m0/s1. The topological polar surface area (TPSA) is 71.5 Å². The number of hydrogen-bond donors (Lipinski definition) is 1. The molecule has 2 aromatic carbocycles. The van der Waals surface area contributed by atoms with Gasteiger partial charge in [0.2, 0.25) is 10.0 Å². The monoisotopic (exact) mass is 477 g/mol. The molecule has 4 heterocycles. The predicted molar refractivity (Wildman–Crippen MR) is 134 cm³/mol. The molecule has 1 unspecified atom stereocenters. The molecule has 7 heteroatoms. The zero-order valence-corrected chi connectivity index (χ0v) is 20.5. The lowest BCUT2D eigenvalue weighted by Crippen LogP contribution is -2.57. The molecule has 6 nitrogen and oxygen atoms in total. The first-order chi connectivity index (χ1) is 16.4. The van der Waals surface area contributed by atoms with Crippen molar-refractivity contribution in [1.29, 1.82) is 0 Å². The van der Waals surface area contributed by atoms with Gasteiger partial charge in [0, 0.05) is 24.2 Å². The van der Waals surface area contributed by atoms with Crippen LogP contribution in [-0.2, 0) is 10.0 Å². The number of aryl methyl sites for hydroxylation is 1. The van der Waals surface area contributed by atoms with Gasteiger partial charge < -0.3 is 4.74 Å². The normalized spacial score (nSPS) is 25.2. The van der Waals surface area contributed by atoms with Crippen molar-refractivity contribution < 1.29 is 13.2 Å². The van der Waals surface area contributed by atoms with Crippen molar-refractivity contribution in [3.05, 3.63) is 78.5 Å². The summed E-state index contributed by atoms with van der Waals surface area (Å²) >= 11 is 0. The molecule has 3 fully saturated rings. The molecule has 0 radical (unpaired) electrons. The number of hydrogen-bond acceptors (Lipinski definition) is 5. The van der Waals surface area contributed by atoms with Crippen molar-refractivity contribution in [2.45, 2.75) is 36.7 Å².